The first kappa shape index (κ1) is 25.6. The summed E-state index contributed by atoms with van der Waals surface area (Å²) >= 11 is 0. The third-order valence-electron chi connectivity index (χ3n) is 4.63. The van der Waals surface area contributed by atoms with Crippen molar-refractivity contribution in [2.45, 2.75) is 116 Å². The van der Waals surface area contributed by atoms with Gasteiger partial charge in [0.2, 0.25) is 0 Å². The summed E-state index contributed by atoms with van der Waals surface area (Å²) < 4.78 is 12.0. The molecule has 0 heterocycles. The first-order chi connectivity index (χ1) is 12.8. The van der Waals surface area contributed by atoms with Crippen molar-refractivity contribution in [1.82, 2.24) is 0 Å². The second-order valence-electron chi connectivity index (χ2n) is 7.27. The molecule has 0 saturated heterocycles. The van der Waals surface area contributed by atoms with Crippen molar-refractivity contribution in [3.05, 3.63) is 12.2 Å². The molecule has 0 fully saturated rings. The second kappa shape index (κ2) is 22.7. The lowest BCUT2D eigenvalue weighted by Crippen LogP contribution is -2.19. The molecule has 26 heavy (non-hydrogen) atoms. The van der Waals surface area contributed by atoms with Crippen molar-refractivity contribution in [2.24, 2.45) is 0 Å². The molecule has 0 aromatic rings. The van der Waals surface area contributed by atoms with Gasteiger partial charge in [0, 0.05) is 19.8 Å². The number of rotatable bonds is 21. The quantitative estimate of drug-likeness (QED) is 0.137. The zero-order chi connectivity index (χ0) is 19.1. The molecule has 3 heteroatoms. The lowest BCUT2D eigenvalue weighted by Gasteiger charge is -2.19. The van der Waals surface area contributed by atoms with E-state index in [1.54, 1.807) is 0 Å². The third-order valence-corrected chi connectivity index (χ3v) is 4.63. The van der Waals surface area contributed by atoms with Gasteiger partial charge >= 0.3 is 0 Å². The molecule has 0 saturated carbocycles. The fourth-order valence-corrected chi connectivity index (χ4v) is 2.94. The molecule has 0 unspecified atom stereocenters. The maximum atomic E-state index is 8.76. The second-order valence-corrected chi connectivity index (χ2v) is 7.27. The molecule has 0 aromatic heterocycles. The van der Waals surface area contributed by atoms with Crippen LogP contribution in [-0.2, 0) is 9.47 Å². The molecule has 0 rings (SSSR count). The molecule has 0 aliphatic carbocycles. The number of allylic oxidation sites excluding steroid dienone is 1. The molecule has 0 amide bonds. The van der Waals surface area contributed by atoms with Crippen LogP contribution in [0.1, 0.15) is 110 Å². The van der Waals surface area contributed by atoms with E-state index in [9.17, 15) is 0 Å². The average molecular weight is 371 g/mol. The highest BCUT2D eigenvalue weighted by atomic mass is 16.7. The van der Waals surface area contributed by atoms with E-state index in [1.807, 2.05) is 0 Å². The summed E-state index contributed by atoms with van der Waals surface area (Å²) in [6.45, 7) is 6.41. The third kappa shape index (κ3) is 19.9. The Kier molecular flexibility index (Phi) is 22.3. The zero-order valence-corrected chi connectivity index (χ0v) is 17.7. The maximum Gasteiger partial charge on any atom is 0.157 e. The van der Waals surface area contributed by atoms with E-state index in [1.165, 1.54) is 51.4 Å². The van der Waals surface area contributed by atoms with Crippen molar-refractivity contribution in [3.63, 3.8) is 0 Å². The smallest absolute Gasteiger partial charge is 0.157 e. The van der Waals surface area contributed by atoms with Crippen LogP contribution in [0.3, 0.4) is 0 Å². The van der Waals surface area contributed by atoms with Crippen LogP contribution in [0.5, 0.6) is 0 Å². The summed E-state index contributed by atoms with van der Waals surface area (Å²) in [7, 11) is 0. The number of unbranched alkanes of at least 4 members (excludes halogenated alkanes) is 10. The van der Waals surface area contributed by atoms with Crippen molar-refractivity contribution in [2.75, 3.05) is 19.8 Å². The number of aliphatic hydroxyl groups excluding tert-OH is 1. The molecule has 1 N–H and O–H groups in total. The molecule has 0 bridgehead atoms. The Morgan fingerprint density at radius 2 is 1.19 bits per heavy atom. The van der Waals surface area contributed by atoms with Gasteiger partial charge in [0.1, 0.15) is 0 Å². The molecule has 0 aromatic carbocycles. The van der Waals surface area contributed by atoms with Crippen LogP contribution < -0.4 is 0 Å². The van der Waals surface area contributed by atoms with Gasteiger partial charge in [-0.1, -0.05) is 77.4 Å². The van der Waals surface area contributed by atoms with Gasteiger partial charge < -0.3 is 14.6 Å². The Morgan fingerprint density at radius 3 is 1.73 bits per heavy atom. The molecule has 156 valence electrons. The van der Waals surface area contributed by atoms with E-state index in [2.05, 4.69) is 26.0 Å². The maximum absolute atomic E-state index is 8.76. The Balaban J connectivity index is 3.83. The van der Waals surface area contributed by atoms with Crippen LogP contribution >= 0.6 is 0 Å². The minimum atomic E-state index is -0.0197. The van der Waals surface area contributed by atoms with Gasteiger partial charge in [-0.25, -0.2) is 0 Å². The molecule has 0 radical (unpaired) electrons. The van der Waals surface area contributed by atoms with Gasteiger partial charge in [-0.05, 0) is 44.9 Å². The van der Waals surface area contributed by atoms with E-state index in [4.69, 9.17) is 14.6 Å². The summed E-state index contributed by atoms with van der Waals surface area (Å²) in [5, 5.41) is 8.76. The van der Waals surface area contributed by atoms with Gasteiger partial charge in [-0.2, -0.15) is 0 Å². The van der Waals surface area contributed by atoms with Crippen molar-refractivity contribution in [1.29, 1.82) is 0 Å². The SMILES string of the molecule is CCCCCCCOC(CCCC/C=C/CCO)OCCCCCCC. The van der Waals surface area contributed by atoms with Gasteiger partial charge in [0.05, 0.1) is 0 Å². The highest BCUT2D eigenvalue weighted by molar-refractivity contribution is 4.80. The average Bonchev–Trinajstić information content (AvgIpc) is 2.65. The summed E-state index contributed by atoms with van der Waals surface area (Å²) in [6.07, 6.45) is 22.1. The zero-order valence-electron chi connectivity index (χ0n) is 17.7. The number of aliphatic hydroxyl groups is 1. The van der Waals surface area contributed by atoms with E-state index in [0.717, 1.165) is 58.2 Å². The first-order valence-electron chi connectivity index (χ1n) is 11.3. The minimum Gasteiger partial charge on any atom is -0.396 e. The van der Waals surface area contributed by atoms with Crippen LogP contribution in [0, 0.1) is 0 Å². The van der Waals surface area contributed by atoms with Gasteiger partial charge in [-0.15, -0.1) is 0 Å². The molecule has 0 spiro atoms. The van der Waals surface area contributed by atoms with Gasteiger partial charge in [0.15, 0.2) is 6.29 Å². The Labute approximate surface area is 163 Å². The minimum absolute atomic E-state index is 0.0197. The largest absolute Gasteiger partial charge is 0.396 e. The number of ether oxygens (including phenoxy) is 2. The van der Waals surface area contributed by atoms with E-state index in [0.29, 0.717) is 0 Å². The van der Waals surface area contributed by atoms with Crippen LogP contribution in [0.15, 0.2) is 12.2 Å². The van der Waals surface area contributed by atoms with Crippen LogP contribution in [0.4, 0.5) is 0 Å². The highest BCUT2D eigenvalue weighted by Crippen LogP contribution is 2.12. The predicted octanol–water partition coefficient (Wildman–Crippen LogP) is 6.79. The molecule has 3 nitrogen and oxygen atoms in total. The summed E-state index contributed by atoms with van der Waals surface area (Å²) in [5.74, 6) is 0. The van der Waals surface area contributed by atoms with Crippen molar-refractivity contribution >= 4 is 0 Å². The van der Waals surface area contributed by atoms with Crippen LogP contribution in [0.25, 0.3) is 0 Å². The summed E-state index contributed by atoms with van der Waals surface area (Å²) in [5.41, 5.74) is 0. The molecular weight excluding hydrogens is 324 g/mol. The molecule has 0 atom stereocenters. The molecule has 0 aliphatic heterocycles. The van der Waals surface area contributed by atoms with Gasteiger partial charge in [0.25, 0.3) is 0 Å². The lowest BCUT2D eigenvalue weighted by molar-refractivity contribution is -0.148. The topological polar surface area (TPSA) is 38.7 Å². The number of hydrogen-bond donors (Lipinski definition) is 1. The van der Waals surface area contributed by atoms with Gasteiger partial charge in [-0.3, -0.25) is 0 Å². The van der Waals surface area contributed by atoms with Crippen LogP contribution in [0.2, 0.25) is 0 Å². The predicted molar refractivity (Wildman–Crippen MR) is 113 cm³/mol. The Hall–Kier alpha value is -0.380. The van der Waals surface area contributed by atoms with Crippen molar-refractivity contribution < 1.29 is 14.6 Å². The summed E-state index contributed by atoms with van der Waals surface area (Å²) in [4.78, 5) is 0. The monoisotopic (exact) mass is 370 g/mol. The van der Waals surface area contributed by atoms with E-state index < -0.39 is 0 Å². The Bertz CT molecular complexity index is 263. The fourth-order valence-electron chi connectivity index (χ4n) is 2.94. The van der Waals surface area contributed by atoms with E-state index >= 15 is 0 Å². The van der Waals surface area contributed by atoms with Crippen LogP contribution in [-0.4, -0.2) is 31.2 Å². The molecule has 0 aliphatic rings. The molecular formula is C23H46O3. The number of hydrogen-bond acceptors (Lipinski definition) is 3. The van der Waals surface area contributed by atoms with E-state index in [-0.39, 0.29) is 12.9 Å². The summed E-state index contributed by atoms with van der Waals surface area (Å²) in [6, 6.07) is 0. The standard InChI is InChI=1S/C23H46O3/c1-3-5-7-13-17-21-25-23(26-22-18-14-8-6-4-2)19-15-11-9-10-12-16-20-24/h10,12,23-24H,3-9,11,13-22H2,1-2H3/b12-10+. The van der Waals surface area contributed by atoms with Crippen molar-refractivity contribution in [3.8, 4) is 0 Å². The highest BCUT2D eigenvalue weighted by Gasteiger charge is 2.09. The lowest BCUT2D eigenvalue weighted by atomic mass is 10.1. The normalized spacial score (nSPS) is 11.8. The Morgan fingerprint density at radius 1 is 0.654 bits per heavy atom. The fraction of sp³-hybridized carbons (Fsp3) is 0.913. The first-order valence-corrected chi connectivity index (χ1v) is 11.3.